The summed E-state index contributed by atoms with van der Waals surface area (Å²) >= 11 is 12.0. The Balaban J connectivity index is 1.78. The zero-order valence-corrected chi connectivity index (χ0v) is 11.8. The van der Waals surface area contributed by atoms with Gasteiger partial charge in [0.2, 0.25) is 0 Å². The smallest absolute Gasteiger partial charge is 0.0453 e. The molecule has 0 bridgehead atoms. The number of benzene rings is 1. The molecule has 0 saturated carbocycles. The van der Waals surface area contributed by atoms with Gasteiger partial charge in [-0.15, -0.1) is 0 Å². The third-order valence-electron chi connectivity index (χ3n) is 2.81. The summed E-state index contributed by atoms with van der Waals surface area (Å²) in [7, 11) is 2.02. The molecular weight excluding hydrogens is 267 g/mol. The molecule has 2 aromatic rings. The maximum absolute atomic E-state index is 6.11. The number of halogens is 2. The summed E-state index contributed by atoms with van der Waals surface area (Å²) in [6, 6.07) is 7.76. The van der Waals surface area contributed by atoms with Crippen molar-refractivity contribution in [2.45, 2.75) is 13.0 Å². The Kier molecular flexibility index (Phi) is 4.70. The molecule has 2 nitrogen and oxygen atoms in total. The molecule has 1 heterocycles. The molecule has 1 aromatic heterocycles. The Morgan fingerprint density at radius 3 is 2.72 bits per heavy atom. The van der Waals surface area contributed by atoms with Gasteiger partial charge in [-0.1, -0.05) is 29.3 Å². The minimum Gasteiger partial charge on any atom is -0.357 e. The second-order valence-electron chi connectivity index (χ2n) is 4.35. The summed E-state index contributed by atoms with van der Waals surface area (Å²) in [4.78, 5) is 0. The maximum Gasteiger partial charge on any atom is 0.0453 e. The van der Waals surface area contributed by atoms with E-state index >= 15 is 0 Å². The molecule has 2 rings (SSSR count). The molecule has 0 fully saturated rings. The van der Waals surface area contributed by atoms with E-state index in [1.807, 2.05) is 29.9 Å². The van der Waals surface area contributed by atoms with Crippen LogP contribution in [-0.4, -0.2) is 11.1 Å². The van der Waals surface area contributed by atoms with Gasteiger partial charge in [0.25, 0.3) is 0 Å². The molecule has 0 aliphatic heterocycles. The lowest BCUT2D eigenvalue weighted by Crippen LogP contribution is -2.16. The van der Waals surface area contributed by atoms with E-state index in [9.17, 15) is 0 Å². The molecule has 1 N–H and O–H groups in total. The van der Waals surface area contributed by atoms with Crippen molar-refractivity contribution in [3.05, 3.63) is 57.8 Å². The Hall–Kier alpha value is -0.960. The summed E-state index contributed by atoms with van der Waals surface area (Å²) in [5.74, 6) is 0. The van der Waals surface area contributed by atoms with E-state index in [-0.39, 0.29) is 0 Å². The van der Waals surface area contributed by atoms with Crippen LogP contribution in [0.4, 0.5) is 0 Å². The van der Waals surface area contributed by atoms with Gasteiger partial charge in [0.1, 0.15) is 0 Å². The van der Waals surface area contributed by atoms with E-state index in [0.717, 1.165) is 30.1 Å². The predicted molar refractivity (Wildman–Crippen MR) is 77.3 cm³/mol. The second kappa shape index (κ2) is 6.28. The first-order valence-corrected chi connectivity index (χ1v) is 6.66. The van der Waals surface area contributed by atoms with Crippen LogP contribution in [0.2, 0.25) is 10.0 Å². The number of nitrogens with one attached hydrogen (secondary N) is 1. The summed E-state index contributed by atoms with van der Waals surface area (Å²) < 4.78 is 2.05. The van der Waals surface area contributed by atoms with Gasteiger partial charge in [0.15, 0.2) is 0 Å². The van der Waals surface area contributed by atoms with E-state index in [4.69, 9.17) is 23.2 Å². The highest BCUT2D eigenvalue weighted by Crippen LogP contribution is 2.21. The van der Waals surface area contributed by atoms with Crippen LogP contribution in [0.25, 0.3) is 0 Å². The van der Waals surface area contributed by atoms with Crippen molar-refractivity contribution >= 4 is 23.2 Å². The number of hydrogen-bond donors (Lipinski definition) is 1. The highest BCUT2D eigenvalue weighted by Gasteiger charge is 2.01. The summed E-state index contributed by atoms with van der Waals surface area (Å²) in [5, 5.41) is 4.82. The van der Waals surface area contributed by atoms with E-state index in [2.05, 4.69) is 17.6 Å². The van der Waals surface area contributed by atoms with E-state index in [1.165, 1.54) is 5.56 Å². The van der Waals surface area contributed by atoms with Gasteiger partial charge in [-0.3, -0.25) is 0 Å². The molecule has 0 spiro atoms. The fourth-order valence-corrected chi connectivity index (χ4v) is 2.35. The quantitative estimate of drug-likeness (QED) is 0.829. The fraction of sp³-hybridized carbons (Fsp3) is 0.286. The van der Waals surface area contributed by atoms with Crippen molar-refractivity contribution in [3.8, 4) is 0 Å². The van der Waals surface area contributed by atoms with Gasteiger partial charge in [-0.25, -0.2) is 0 Å². The molecule has 18 heavy (non-hydrogen) atoms. The number of nitrogens with zero attached hydrogens (tertiary/aromatic N) is 1. The zero-order valence-electron chi connectivity index (χ0n) is 10.3. The second-order valence-corrected chi connectivity index (χ2v) is 5.19. The summed E-state index contributed by atoms with van der Waals surface area (Å²) in [6.07, 6.45) is 5.07. The molecule has 0 unspecified atom stereocenters. The topological polar surface area (TPSA) is 17.0 Å². The first-order valence-electron chi connectivity index (χ1n) is 5.90. The highest BCUT2D eigenvalue weighted by molar-refractivity contribution is 6.35. The molecule has 0 radical (unpaired) electrons. The molecule has 1 aromatic carbocycles. The van der Waals surface area contributed by atoms with Gasteiger partial charge in [0.05, 0.1) is 0 Å². The van der Waals surface area contributed by atoms with Crippen molar-refractivity contribution in [2.24, 2.45) is 7.05 Å². The van der Waals surface area contributed by atoms with Crippen molar-refractivity contribution in [2.75, 3.05) is 6.54 Å². The number of rotatable bonds is 5. The molecular formula is C14H16Cl2N2. The minimum atomic E-state index is 0.681. The van der Waals surface area contributed by atoms with Gasteiger partial charge in [-0.2, -0.15) is 0 Å². The maximum atomic E-state index is 6.11. The van der Waals surface area contributed by atoms with Gasteiger partial charge >= 0.3 is 0 Å². The highest BCUT2D eigenvalue weighted by atomic mass is 35.5. The van der Waals surface area contributed by atoms with Crippen molar-refractivity contribution < 1.29 is 0 Å². The monoisotopic (exact) mass is 282 g/mol. The van der Waals surface area contributed by atoms with Crippen LogP contribution in [0.15, 0.2) is 36.7 Å². The Morgan fingerprint density at radius 1 is 1.22 bits per heavy atom. The third kappa shape index (κ3) is 3.77. The summed E-state index contributed by atoms with van der Waals surface area (Å²) in [6.45, 7) is 1.78. The van der Waals surface area contributed by atoms with Crippen LogP contribution in [0.3, 0.4) is 0 Å². The molecule has 0 atom stereocenters. The molecule has 0 amide bonds. The van der Waals surface area contributed by atoms with Crippen LogP contribution >= 0.6 is 23.2 Å². The lowest BCUT2D eigenvalue weighted by atomic mass is 10.1. The van der Waals surface area contributed by atoms with E-state index in [0.29, 0.717) is 5.02 Å². The fourth-order valence-electron chi connectivity index (χ4n) is 1.85. The van der Waals surface area contributed by atoms with E-state index in [1.54, 1.807) is 6.07 Å². The Labute approximate surface area is 118 Å². The number of aryl methyl sites for hydroxylation is 1. The van der Waals surface area contributed by atoms with Crippen LogP contribution < -0.4 is 5.32 Å². The number of hydrogen-bond acceptors (Lipinski definition) is 1. The zero-order chi connectivity index (χ0) is 13.0. The van der Waals surface area contributed by atoms with Crippen molar-refractivity contribution in [1.82, 2.24) is 9.88 Å². The average Bonchev–Trinajstić information content (AvgIpc) is 2.73. The van der Waals surface area contributed by atoms with Gasteiger partial charge < -0.3 is 9.88 Å². The van der Waals surface area contributed by atoms with E-state index < -0.39 is 0 Å². The first kappa shape index (κ1) is 13.5. The third-order valence-corrected chi connectivity index (χ3v) is 3.40. The van der Waals surface area contributed by atoms with Gasteiger partial charge in [-0.05, 0) is 42.3 Å². The molecule has 4 heteroatoms. The first-order chi connectivity index (χ1) is 8.65. The van der Waals surface area contributed by atoms with Crippen molar-refractivity contribution in [1.29, 1.82) is 0 Å². The van der Waals surface area contributed by atoms with Gasteiger partial charge in [0, 0.05) is 36.0 Å². The summed E-state index contributed by atoms with van der Waals surface area (Å²) in [5.41, 5.74) is 2.42. The van der Waals surface area contributed by atoms with Crippen LogP contribution in [0.5, 0.6) is 0 Å². The molecule has 0 saturated heterocycles. The molecule has 0 aliphatic rings. The Bertz CT molecular complexity index is 520. The lowest BCUT2D eigenvalue weighted by molar-refractivity contribution is 0.686. The number of aromatic nitrogens is 1. The van der Waals surface area contributed by atoms with Crippen LogP contribution in [0, 0.1) is 0 Å². The minimum absolute atomic E-state index is 0.681. The predicted octanol–water partition coefficient (Wildman–Crippen LogP) is 3.66. The lowest BCUT2D eigenvalue weighted by Gasteiger charge is -2.06. The molecule has 96 valence electrons. The van der Waals surface area contributed by atoms with Crippen LogP contribution in [-0.2, 0) is 20.0 Å². The van der Waals surface area contributed by atoms with Crippen molar-refractivity contribution in [3.63, 3.8) is 0 Å². The Morgan fingerprint density at radius 2 is 2.06 bits per heavy atom. The SMILES string of the molecule is Cn1ccc(CNCCc2ccc(Cl)cc2Cl)c1. The standard InChI is InChI=1S/C14H16Cl2N2/c1-18-7-5-11(10-18)9-17-6-4-12-2-3-13(15)8-14(12)16/h2-3,5,7-8,10,17H,4,6,9H2,1H3. The normalized spacial score (nSPS) is 10.8. The van der Waals surface area contributed by atoms with Crippen LogP contribution in [0.1, 0.15) is 11.1 Å². The molecule has 0 aliphatic carbocycles. The average molecular weight is 283 g/mol. The largest absolute Gasteiger partial charge is 0.357 e.